The first-order valence-corrected chi connectivity index (χ1v) is 12.4. The van der Waals surface area contributed by atoms with Crippen LogP contribution in [-0.4, -0.2) is 25.0 Å². The van der Waals surface area contributed by atoms with Crippen LogP contribution in [0.25, 0.3) is 11.2 Å². The van der Waals surface area contributed by atoms with Gasteiger partial charge in [0.15, 0.2) is 5.65 Å². The van der Waals surface area contributed by atoms with Crippen molar-refractivity contribution in [3.8, 4) is 0 Å². The SMILES string of the molecule is CCCCCCl.Cc1nc2c([nH]1)c(=O)n(C1CCCCC1)c(=O)n2C1CCCCC1. The molecular formula is C23H37ClN4O2. The van der Waals surface area contributed by atoms with E-state index in [2.05, 4.69) is 16.9 Å². The van der Waals surface area contributed by atoms with Gasteiger partial charge in [0.2, 0.25) is 0 Å². The van der Waals surface area contributed by atoms with Gasteiger partial charge in [-0.05, 0) is 39.0 Å². The lowest BCUT2D eigenvalue weighted by Crippen LogP contribution is -2.44. The lowest BCUT2D eigenvalue weighted by Gasteiger charge is -2.28. The van der Waals surface area contributed by atoms with Crippen LogP contribution < -0.4 is 11.2 Å². The molecule has 2 aliphatic carbocycles. The van der Waals surface area contributed by atoms with E-state index in [1.165, 1.54) is 36.7 Å². The molecular weight excluding hydrogens is 400 g/mol. The van der Waals surface area contributed by atoms with Crippen LogP contribution in [0, 0.1) is 6.92 Å². The van der Waals surface area contributed by atoms with Crippen LogP contribution in [0.5, 0.6) is 0 Å². The summed E-state index contributed by atoms with van der Waals surface area (Å²) >= 11 is 5.38. The molecule has 0 aromatic carbocycles. The van der Waals surface area contributed by atoms with Gasteiger partial charge in [-0.1, -0.05) is 58.3 Å². The molecule has 4 rings (SSSR count). The fraction of sp³-hybridized carbons (Fsp3) is 0.783. The lowest BCUT2D eigenvalue weighted by molar-refractivity contribution is 0.306. The van der Waals surface area contributed by atoms with Gasteiger partial charge in [-0.2, -0.15) is 0 Å². The Morgan fingerprint density at radius 2 is 1.50 bits per heavy atom. The molecule has 0 atom stereocenters. The molecule has 2 fully saturated rings. The minimum absolute atomic E-state index is 0.0431. The topological polar surface area (TPSA) is 72.7 Å². The fourth-order valence-electron chi connectivity index (χ4n) is 4.89. The van der Waals surface area contributed by atoms with E-state index in [9.17, 15) is 9.59 Å². The summed E-state index contributed by atoms with van der Waals surface area (Å²) in [5, 5.41) is 0. The van der Waals surface area contributed by atoms with Crippen molar-refractivity contribution in [2.24, 2.45) is 0 Å². The second-order valence-electron chi connectivity index (χ2n) is 8.83. The third-order valence-corrected chi connectivity index (χ3v) is 6.76. The standard InChI is InChI=1S/C18H26N4O2.C5H11Cl/c1-12-19-15-16(20-12)21(13-8-4-2-5-9-13)18(24)22(17(15)23)14-10-6-3-7-11-14;1-2-3-4-5-6/h13-14H,2-11H2,1H3,(H,19,20);2-5H2,1H3. The molecule has 30 heavy (non-hydrogen) atoms. The monoisotopic (exact) mass is 436 g/mol. The number of halogens is 1. The van der Waals surface area contributed by atoms with Crippen LogP contribution in [0.4, 0.5) is 0 Å². The van der Waals surface area contributed by atoms with Crippen molar-refractivity contribution in [1.29, 1.82) is 0 Å². The van der Waals surface area contributed by atoms with Gasteiger partial charge >= 0.3 is 5.69 Å². The Morgan fingerprint density at radius 3 is 2.00 bits per heavy atom. The van der Waals surface area contributed by atoms with E-state index >= 15 is 0 Å². The molecule has 2 aromatic heterocycles. The number of nitrogens with zero attached hydrogens (tertiary/aromatic N) is 3. The Morgan fingerprint density at radius 1 is 0.933 bits per heavy atom. The van der Waals surface area contributed by atoms with Crippen molar-refractivity contribution in [1.82, 2.24) is 19.1 Å². The molecule has 0 unspecified atom stereocenters. The van der Waals surface area contributed by atoms with Crippen molar-refractivity contribution >= 4 is 22.8 Å². The highest BCUT2D eigenvalue weighted by Gasteiger charge is 2.27. The van der Waals surface area contributed by atoms with Crippen molar-refractivity contribution in [2.45, 2.75) is 109 Å². The van der Waals surface area contributed by atoms with Gasteiger partial charge in [-0.25, -0.2) is 9.78 Å². The smallest absolute Gasteiger partial charge is 0.333 e. The number of alkyl halides is 1. The normalized spacial score (nSPS) is 18.4. The zero-order chi connectivity index (χ0) is 21.5. The number of unbranched alkanes of at least 4 members (excludes halogenated alkanes) is 2. The highest BCUT2D eigenvalue weighted by molar-refractivity contribution is 6.17. The van der Waals surface area contributed by atoms with Gasteiger partial charge in [0.1, 0.15) is 11.3 Å². The molecule has 1 N–H and O–H groups in total. The number of aromatic nitrogens is 4. The van der Waals surface area contributed by atoms with Crippen molar-refractivity contribution in [2.75, 3.05) is 5.88 Å². The predicted octanol–water partition coefficient (Wildman–Crippen LogP) is 5.62. The number of aryl methyl sites for hydroxylation is 1. The fourth-order valence-corrected chi connectivity index (χ4v) is 5.08. The Bertz CT molecular complexity index is 914. The maximum atomic E-state index is 13.3. The predicted molar refractivity (Wildman–Crippen MR) is 124 cm³/mol. The number of hydrogen-bond donors (Lipinski definition) is 1. The Labute approximate surface area is 184 Å². The Balaban J connectivity index is 0.000000377. The summed E-state index contributed by atoms with van der Waals surface area (Å²) in [4.78, 5) is 33.9. The molecule has 0 radical (unpaired) electrons. The molecule has 2 saturated carbocycles. The van der Waals surface area contributed by atoms with Crippen LogP contribution in [0.3, 0.4) is 0 Å². The molecule has 2 aliphatic rings. The molecule has 0 aliphatic heterocycles. The third kappa shape index (κ3) is 5.19. The summed E-state index contributed by atoms with van der Waals surface area (Å²) in [5.41, 5.74) is 0.733. The van der Waals surface area contributed by atoms with E-state index in [0.717, 1.165) is 57.2 Å². The summed E-state index contributed by atoms with van der Waals surface area (Å²) in [6, 6.07) is 0.216. The third-order valence-electron chi connectivity index (χ3n) is 6.49. The molecule has 7 heteroatoms. The number of aromatic amines is 1. The van der Waals surface area contributed by atoms with Gasteiger partial charge < -0.3 is 4.98 Å². The summed E-state index contributed by atoms with van der Waals surface area (Å²) in [5.74, 6) is 1.53. The average molecular weight is 437 g/mol. The summed E-state index contributed by atoms with van der Waals surface area (Å²) in [6.45, 7) is 4.02. The summed E-state index contributed by atoms with van der Waals surface area (Å²) in [7, 11) is 0. The van der Waals surface area contributed by atoms with Crippen LogP contribution in [0.1, 0.15) is 108 Å². The number of rotatable bonds is 5. The van der Waals surface area contributed by atoms with E-state index in [0.29, 0.717) is 17.0 Å². The van der Waals surface area contributed by atoms with Crippen LogP contribution >= 0.6 is 11.6 Å². The quantitative estimate of drug-likeness (QED) is 0.488. The maximum absolute atomic E-state index is 13.3. The minimum Gasteiger partial charge on any atom is -0.336 e. The largest absolute Gasteiger partial charge is 0.336 e. The second-order valence-corrected chi connectivity index (χ2v) is 9.21. The first-order valence-electron chi connectivity index (χ1n) is 11.9. The number of nitrogens with one attached hydrogen (secondary N) is 1. The Kier molecular flexibility index (Phi) is 8.61. The average Bonchev–Trinajstić information content (AvgIpc) is 3.16. The molecule has 2 heterocycles. The first kappa shape index (κ1) is 23.1. The Hall–Kier alpha value is -1.56. The van der Waals surface area contributed by atoms with Gasteiger partial charge in [0, 0.05) is 18.0 Å². The van der Waals surface area contributed by atoms with Gasteiger partial charge in [0.25, 0.3) is 5.56 Å². The lowest BCUT2D eigenvalue weighted by atomic mass is 9.94. The van der Waals surface area contributed by atoms with Gasteiger partial charge in [-0.3, -0.25) is 13.9 Å². The van der Waals surface area contributed by atoms with E-state index < -0.39 is 0 Å². The first-order chi connectivity index (χ1) is 14.6. The highest BCUT2D eigenvalue weighted by Crippen LogP contribution is 2.30. The maximum Gasteiger partial charge on any atom is 0.333 e. The zero-order valence-corrected chi connectivity index (χ0v) is 19.3. The van der Waals surface area contributed by atoms with Crippen molar-refractivity contribution in [3.05, 3.63) is 26.7 Å². The molecule has 0 bridgehead atoms. The van der Waals surface area contributed by atoms with Crippen LogP contribution in [-0.2, 0) is 0 Å². The minimum atomic E-state index is -0.186. The zero-order valence-electron chi connectivity index (χ0n) is 18.6. The summed E-state index contributed by atoms with van der Waals surface area (Å²) < 4.78 is 3.36. The van der Waals surface area contributed by atoms with Crippen molar-refractivity contribution < 1.29 is 0 Å². The molecule has 0 saturated heterocycles. The second kappa shape index (κ2) is 11.2. The molecule has 6 nitrogen and oxygen atoms in total. The van der Waals surface area contributed by atoms with Crippen molar-refractivity contribution in [3.63, 3.8) is 0 Å². The van der Waals surface area contributed by atoms with E-state index in [-0.39, 0.29) is 23.3 Å². The van der Waals surface area contributed by atoms with Gasteiger partial charge in [-0.15, -0.1) is 11.6 Å². The molecule has 168 valence electrons. The van der Waals surface area contributed by atoms with Gasteiger partial charge in [0.05, 0.1) is 0 Å². The number of fused-ring (bicyclic) bond motifs is 1. The summed E-state index contributed by atoms with van der Waals surface area (Å²) in [6.07, 6.45) is 14.5. The van der Waals surface area contributed by atoms with Crippen LogP contribution in [0.15, 0.2) is 9.59 Å². The number of hydrogen-bond acceptors (Lipinski definition) is 3. The molecule has 2 aromatic rings. The molecule has 0 spiro atoms. The van der Waals surface area contributed by atoms with E-state index in [4.69, 9.17) is 11.6 Å². The number of imidazole rings is 1. The molecule has 0 amide bonds. The van der Waals surface area contributed by atoms with E-state index in [1.54, 1.807) is 0 Å². The van der Waals surface area contributed by atoms with Crippen LogP contribution in [0.2, 0.25) is 0 Å². The van der Waals surface area contributed by atoms with E-state index in [1.807, 2.05) is 11.5 Å². The number of H-pyrrole nitrogens is 1. The highest BCUT2D eigenvalue weighted by atomic mass is 35.5.